The molecule has 1 aromatic rings. The number of carbonyl (C=O) groups is 2. The zero-order valence-corrected chi connectivity index (χ0v) is 11.0. The molecule has 102 valence electrons. The average molecular weight is 262 g/mol. The van der Waals surface area contributed by atoms with Gasteiger partial charge in [0.25, 0.3) is 0 Å². The van der Waals surface area contributed by atoms with Crippen LogP contribution in [-0.2, 0) is 14.3 Å². The molecule has 0 spiro atoms. The molecule has 1 fully saturated rings. The van der Waals surface area contributed by atoms with Gasteiger partial charge in [0.1, 0.15) is 0 Å². The Morgan fingerprint density at radius 3 is 2.32 bits per heavy atom. The summed E-state index contributed by atoms with van der Waals surface area (Å²) in [5.41, 5.74) is 1.14. The number of rotatable bonds is 2. The molecule has 0 aromatic heterocycles. The zero-order chi connectivity index (χ0) is 13.7. The molecule has 19 heavy (non-hydrogen) atoms. The number of ether oxygens (including phenoxy) is 1. The molecule has 0 atom stereocenters. The van der Waals surface area contributed by atoms with Gasteiger partial charge in [-0.3, -0.25) is 4.79 Å². The van der Waals surface area contributed by atoms with E-state index < -0.39 is 11.9 Å². The first-order valence-electron chi connectivity index (χ1n) is 6.48. The fourth-order valence-corrected chi connectivity index (χ4v) is 2.13. The summed E-state index contributed by atoms with van der Waals surface area (Å²) in [6, 6.07) is 10.0. The summed E-state index contributed by atoms with van der Waals surface area (Å²) in [5, 5.41) is 0. The average Bonchev–Trinajstić information content (AvgIpc) is 2.48. The first-order chi connectivity index (χ1) is 9.22. The third-order valence-electron chi connectivity index (χ3n) is 3.14. The minimum Gasteiger partial charge on any atom is -0.459 e. The summed E-state index contributed by atoms with van der Waals surface area (Å²) < 4.78 is 4.72. The van der Waals surface area contributed by atoms with Gasteiger partial charge in [0.2, 0.25) is 0 Å². The first-order valence-corrected chi connectivity index (χ1v) is 6.48. The van der Waals surface area contributed by atoms with Crippen LogP contribution in [0.2, 0.25) is 0 Å². The van der Waals surface area contributed by atoms with Crippen molar-refractivity contribution in [1.82, 2.24) is 4.90 Å². The summed E-state index contributed by atoms with van der Waals surface area (Å²) >= 11 is 0. The van der Waals surface area contributed by atoms with Gasteiger partial charge in [0.15, 0.2) is 0 Å². The molecule has 0 N–H and O–H groups in total. The van der Waals surface area contributed by atoms with Crippen molar-refractivity contribution in [3.05, 3.63) is 30.3 Å². The molecule has 0 saturated carbocycles. The summed E-state index contributed by atoms with van der Waals surface area (Å²) in [4.78, 5) is 26.9. The van der Waals surface area contributed by atoms with Gasteiger partial charge in [-0.25, -0.2) is 4.79 Å². The van der Waals surface area contributed by atoms with E-state index in [1.165, 1.54) is 0 Å². The van der Waals surface area contributed by atoms with Crippen LogP contribution >= 0.6 is 0 Å². The monoisotopic (exact) mass is 262 g/mol. The van der Waals surface area contributed by atoms with Gasteiger partial charge in [-0.15, -0.1) is 0 Å². The van der Waals surface area contributed by atoms with E-state index in [-0.39, 0.29) is 6.61 Å². The van der Waals surface area contributed by atoms with Crippen molar-refractivity contribution < 1.29 is 14.3 Å². The molecule has 2 rings (SSSR count). The fraction of sp³-hybridized carbons (Fsp3) is 0.429. The number of esters is 1. The normalized spacial score (nSPS) is 15.2. The van der Waals surface area contributed by atoms with Crippen LogP contribution in [0.25, 0.3) is 0 Å². The van der Waals surface area contributed by atoms with E-state index >= 15 is 0 Å². The van der Waals surface area contributed by atoms with E-state index in [0.29, 0.717) is 13.1 Å². The van der Waals surface area contributed by atoms with E-state index in [1.807, 2.05) is 30.3 Å². The molecule has 0 aliphatic carbocycles. The maximum atomic E-state index is 11.8. The van der Waals surface area contributed by atoms with Gasteiger partial charge in [0, 0.05) is 31.9 Å². The van der Waals surface area contributed by atoms with Crippen molar-refractivity contribution in [2.45, 2.75) is 6.92 Å². The van der Waals surface area contributed by atoms with Crippen molar-refractivity contribution in [2.75, 3.05) is 37.7 Å². The standard InChI is InChI=1S/C14H18N2O3/c1-2-19-14(18)13(17)16-10-8-15(9-11-16)12-6-4-3-5-7-12/h3-7H,2,8-11H2,1H3. The second kappa shape index (κ2) is 6.22. The molecular weight excluding hydrogens is 244 g/mol. The van der Waals surface area contributed by atoms with Crippen molar-refractivity contribution in [3.8, 4) is 0 Å². The highest BCUT2D eigenvalue weighted by Gasteiger charge is 2.26. The lowest BCUT2D eigenvalue weighted by molar-refractivity contribution is -0.160. The predicted octanol–water partition coefficient (Wildman–Crippen LogP) is 0.898. The highest BCUT2D eigenvalue weighted by atomic mass is 16.5. The number of hydrogen-bond acceptors (Lipinski definition) is 4. The topological polar surface area (TPSA) is 49.9 Å². The highest BCUT2D eigenvalue weighted by Crippen LogP contribution is 2.15. The van der Waals surface area contributed by atoms with Crippen LogP contribution in [0.3, 0.4) is 0 Å². The molecule has 0 bridgehead atoms. The zero-order valence-electron chi connectivity index (χ0n) is 11.0. The van der Waals surface area contributed by atoms with Crippen LogP contribution in [0.5, 0.6) is 0 Å². The van der Waals surface area contributed by atoms with E-state index in [9.17, 15) is 9.59 Å². The third kappa shape index (κ3) is 3.24. The number of hydrogen-bond donors (Lipinski definition) is 0. The molecule has 1 aliphatic rings. The SMILES string of the molecule is CCOC(=O)C(=O)N1CCN(c2ccccc2)CC1. The lowest BCUT2D eigenvalue weighted by Crippen LogP contribution is -2.51. The molecular formula is C14H18N2O3. The Kier molecular flexibility index (Phi) is 4.39. The summed E-state index contributed by atoms with van der Waals surface area (Å²) in [6.45, 7) is 4.48. The lowest BCUT2D eigenvalue weighted by Gasteiger charge is -2.35. The van der Waals surface area contributed by atoms with Gasteiger partial charge in [-0.05, 0) is 19.1 Å². The number of amides is 1. The van der Waals surface area contributed by atoms with E-state index in [2.05, 4.69) is 4.90 Å². The molecule has 1 aromatic carbocycles. The Morgan fingerprint density at radius 1 is 1.11 bits per heavy atom. The fourth-order valence-electron chi connectivity index (χ4n) is 2.13. The van der Waals surface area contributed by atoms with Crippen LogP contribution in [-0.4, -0.2) is 49.6 Å². The molecule has 1 aliphatic heterocycles. The summed E-state index contributed by atoms with van der Waals surface area (Å²) in [5.74, 6) is -1.29. The largest absolute Gasteiger partial charge is 0.459 e. The van der Waals surface area contributed by atoms with Gasteiger partial charge >= 0.3 is 11.9 Å². The van der Waals surface area contributed by atoms with Gasteiger partial charge < -0.3 is 14.5 Å². The third-order valence-corrected chi connectivity index (χ3v) is 3.14. The molecule has 1 heterocycles. The van der Waals surface area contributed by atoms with E-state index in [0.717, 1.165) is 18.8 Å². The lowest BCUT2D eigenvalue weighted by atomic mass is 10.2. The second-order valence-corrected chi connectivity index (χ2v) is 4.34. The maximum Gasteiger partial charge on any atom is 0.397 e. The Bertz CT molecular complexity index is 439. The van der Waals surface area contributed by atoms with Crippen LogP contribution in [0, 0.1) is 0 Å². The number of benzene rings is 1. The van der Waals surface area contributed by atoms with Crippen molar-refractivity contribution in [1.29, 1.82) is 0 Å². The van der Waals surface area contributed by atoms with E-state index in [1.54, 1.807) is 11.8 Å². The quantitative estimate of drug-likeness (QED) is 0.587. The van der Waals surface area contributed by atoms with Crippen molar-refractivity contribution in [2.24, 2.45) is 0 Å². The Hall–Kier alpha value is -2.04. The summed E-state index contributed by atoms with van der Waals surface area (Å²) in [7, 11) is 0. The van der Waals surface area contributed by atoms with Crippen LogP contribution in [0.4, 0.5) is 5.69 Å². The number of para-hydroxylation sites is 1. The summed E-state index contributed by atoms with van der Waals surface area (Å²) in [6.07, 6.45) is 0. The Balaban J connectivity index is 1.89. The minimum atomic E-state index is -0.754. The van der Waals surface area contributed by atoms with Crippen molar-refractivity contribution >= 4 is 17.6 Å². The molecule has 1 amide bonds. The highest BCUT2D eigenvalue weighted by molar-refractivity contribution is 6.32. The molecule has 0 unspecified atom stereocenters. The first kappa shape index (κ1) is 13.4. The minimum absolute atomic E-state index is 0.231. The number of nitrogens with zero attached hydrogens (tertiary/aromatic N) is 2. The van der Waals surface area contributed by atoms with E-state index in [4.69, 9.17) is 4.74 Å². The van der Waals surface area contributed by atoms with Gasteiger partial charge in [-0.2, -0.15) is 0 Å². The van der Waals surface area contributed by atoms with Crippen LogP contribution in [0.1, 0.15) is 6.92 Å². The number of carbonyl (C=O) groups excluding carboxylic acids is 2. The Morgan fingerprint density at radius 2 is 1.74 bits per heavy atom. The molecule has 1 saturated heterocycles. The van der Waals surface area contributed by atoms with Crippen LogP contribution < -0.4 is 4.90 Å². The van der Waals surface area contributed by atoms with Crippen LogP contribution in [0.15, 0.2) is 30.3 Å². The predicted molar refractivity (Wildman–Crippen MR) is 71.9 cm³/mol. The number of anilines is 1. The Labute approximate surface area is 112 Å². The number of piperazine rings is 1. The van der Waals surface area contributed by atoms with Gasteiger partial charge in [-0.1, -0.05) is 18.2 Å². The van der Waals surface area contributed by atoms with Crippen molar-refractivity contribution in [3.63, 3.8) is 0 Å². The molecule has 0 radical (unpaired) electrons. The smallest absolute Gasteiger partial charge is 0.397 e. The molecule has 5 nitrogen and oxygen atoms in total. The second-order valence-electron chi connectivity index (χ2n) is 4.34. The molecule has 5 heteroatoms. The maximum absolute atomic E-state index is 11.8. The van der Waals surface area contributed by atoms with Gasteiger partial charge in [0.05, 0.1) is 6.61 Å².